The number of rotatable bonds is 2. The first kappa shape index (κ1) is 7.49. The minimum atomic E-state index is 0.210. The summed E-state index contributed by atoms with van der Waals surface area (Å²) in [7, 11) is 0. The van der Waals surface area contributed by atoms with E-state index in [1.165, 1.54) is 0 Å². The zero-order valence-corrected chi connectivity index (χ0v) is 6.44. The maximum atomic E-state index is 8.69. The molecule has 0 amide bonds. The first-order chi connectivity index (χ1) is 5.33. The predicted molar refractivity (Wildman–Crippen MR) is 39.9 cm³/mol. The van der Waals surface area contributed by atoms with Gasteiger partial charge in [-0.05, 0) is 6.42 Å². The summed E-state index contributed by atoms with van der Waals surface area (Å²) in [6, 6.07) is 0.218. The molecule has 0 saturated carbocycles. The van der Waals surface area contributed by atoms with Crippen molar-refractivity contribution in [1.29, 1.82) is 0 Å². The number of aliphatic hydroxyl groups is 1. The molecule has 3 unspecified atom stereocenters. The minimum absolute atomic E-state index is 0.210. The van der Waals surface area contributed by atoms with E-state index in [0.29, 0.717) is 6.54 Å². The lowest BCUT2D eigenvalue weighted by Gasteiger charge is -2.25. The van der Waals surface area contributed by atoms with Gasteiger partial charge >= 0.3 is 0 Å². The zero-order chi connectivity index (χ0) is 7.84. The number of piperidine rings is 1. The van der Waals surface area contributed by atoms with Crippen LogP contribution >= 0.6 is 0 Å². The molecular formula is C7H14N2O2. The standard InChI is InChI=1S/C7H14N2O2/c8-5-1-2-9(3-4-10)7-6(5)11-7/h5-7,10H,1-4,8H2. The number of hydrogen-bond acceptors (Lipinski definition) is 4. The fourth-order valence-electron chi connectivity index (χ4n) is 1.70. The molecule has 0 aromatic rings. The molecule has 4 heteroatoms. The van der Waals surface area contributed by atoms with Crippen molar-refractivity contribution in [2.75, 3.05) is 19.7 Å². The Morgan fingerprint density at radius 2 is 2.45 bits per heavy atom. The van der Waals surface area contributed by atoms with Gasteiger partial charge in [-0.2, -0.15) is 0 Å². The van der Waals surface area contributed by atoms with Crippen molar-refractivity contribution in [2.24, 2.45) is 5.73 Å². The summed E-state index contributed by atoms with van der Waals surface area (Å²) in [4.78, 5) is 2.15. The fourth-order valence-corrected chi connectivity index (χ4v) is 1.70. The second kappa shape index (κ2) is 2.71. The maximum absolute atomic E-state index is 8.69. The van der Waals surface area contributed by atoms with Crippen molar-refractivity contribution in [3.8, 4) is 0 Å². The average Bonchev–Trinajstić information content (AvgIpc) is 2.75. The molecule has 2 saturated heterocycles. The topological polar surface area (TPSA) is 62.0 Å². The summed E-state index contributed by atoms with van der Waals surface area (Å²) in [5, 5.41) is 8.69. The molecule has 0 bridgehead atoms. The summed E-state index contributed by atoms with van der Waals surface area (Å²) in [5.41, 5.74) is 5.76. The van der Waals surface area contributed by atoms with E-state index in [2.05, 4.69) is 4.90 Å². The van der Waals surface area contributed by atoms with Crippen LogP contribution in [0.25, 0.3) is 0 Å². The Hall–Kier alpha value is -0.160. The highest BCUT2D eigenvalue weighted by molar-refractivity contribution is 4.97. The number of nitrogens with zero attached hydrogens (tertiary/aromatic N) is 1. The van der Waals surface area contributed by atoms with Gasteiger partial charge in [0, 0.05) is 19.1 Å². The summed E-state index contributed by atoms with van der Waals surface area (Å²) in [6.07, 6.45) is 1.45. The van der Waals surface area contributed by atoms with E-state index in [4.69, 9.17) is 15.6 Å². The van der Waals surface area contributed by atoms with Crippen LogP contribution in [0.3, 0.4) is 0 Å². The molecule has 3 atom stereocenters. The molecule has 0 aliphatic carbocycles. The van der Waals surface area contributed by atoms with Gasteiger partial charge in [0.25, 0.3) is 0 Å². The Balaban J connectivity index is 1.87. The summed E-state index contributed by atoms with van der Waals surface area (Å²) >= 11 is 0. The monoisotopic (exact) mass is 158 g/mol. The molecule has 2 fully saturated rings. The molecule has 0 aromatic heterocycles. The van der Waals surface area contributed by atoms with E-state index in [0.717, 1.165) is 13.0 Å². The Morgan fingerprint density at radius 1 is 1.64 bits per heavy atom. The van der Waals surface area contributed by atoms with Crippen LogP contribution in [-0.2, 0) is 4.74 Å². The lowest BCUT2D eigenvalue weighted by molar-refractivity contribution is 0.136. The minimum Gasteiger partial charge on any atom is -0.395 e. The molecule has 2 aliphatic heterocycles. The van der Waals surface area contributed by atoms with Crippen LogP contribution < -0.4 is 5.73 Å². The second-order valence-electron chi connectivity index (χ2n) is 3.20. The molecule has 2 aliphatic rings. The van der Waals surface area contributed by atoms with Gasteiger partial charge in [-0.25, -0.2) is 0 Å². The predicted octanol–water partition coefficient (Wildman–Crippen LogP) is -1.26. The number of nitrogens with two attached hydrogens (primary N) is 1. The maximum Gasteiger partial charge on any atom is 0.139 e. The molecule has 4 nitrogen and oxygen atoms in total. The Morgan fingerprint density at radius 3 is 3.18 bits per heavy atom. The van der Waals surface area contributed by atoms with Crippen LogP contribution in [0.2, 0.25) is 0 Å². The molecular weight excluding hydrogens is 144 g/mol. The van der Waals surface area contributed by atoms with E-state index in [9.17, 15) is 0 Å². The van der Waals surface area contributed by atoms with E-state index in [1.807, 2.05) is 0 Å². The largest absolute Gasteiger partial charge is 0.395 e. The molecule has 3 N–H and O–H groups in total. The number of likely N-dealkylation sites (tertiary alicyclic amines) is 1. The third kappa shape index (κ3) is 1.27. The van der Waals surface area contributed by atoms with Crippen molar-refractivity contribution in [3.63, 3.8) is 0 Å². The third-order valence-electron chi connectivity index (χ3n) is 2.42. The molecule has 0 radical (unpaired) electrons. The Labute approximate surface area is 65.9 Å². The van der Waals surface area contributed by atoms with E-state index in [1.54, 1.807) is 0 Å². The average molecular weight is 158 g/mol. The Bertz CT molecular complexity index is 153. The van der Waals surface area contributed by atoms with Crippen LogP contribution in [0.5, 0.6) is 0 Å². The molecule has 64 valence electrons. The SMILES string of the molecule is NC1CCN(CCO)C2OC12. The van der Waals surface area contributed by atoms with Crippen molar-refractivity contribution in [1.82, 2.24) is 4.90 Å². The first-order valence-corrected chi connectivity index (χ1v) is 4.09. The van der Waals surface area contributed by atoms with Crippen molar-refractivity contribution in [2.45, 2.75) is 24.8 Å². The normalized spacial score (nSPS) is 43.6. The van der Waals surface area contributed by atoms with Crippen molar-refractivity contribution in [3.05, 3.63) is 0 Å². The number of aliphatic hydroxyl groups excluding tert-OH is 1. The zero-order valence-electron chi connectivity index (χ0n) is 6.44. The first-order valence-electron chi connectivity index (χ1n) is 4.09. The summed E-state index contributed by atoms with van der Waals surface area (Å²) in [6.45, 7) is 1.89. The van der Waals surface area contributed by atoms with E-state index < -0.39 is 0 Å². The van der Waals surface area contributed by atoms with Crippen LogP contribution in [0.1, 0.15) is 6.42 Å². The van der Waals surface area contributed by atoms with Gasteiger partial charge in [-0.15, -0.1) is 0 Å². The Kier molecular flexibility index (Phi) is 1.85. The molecule has 2 rings (SSSR count). The number of β-amino-alcohol motifs (C(OH)–C–C–N with tert-alkyl or cyclic N) is 1. The van der Waals surface area contributed by atoms with E-state index in [-0.39, 0.29) is 25.0 Å². The second-order valence-corrected chi connectivity index (χ2v) is 3.20. The lowest BCUT2D eigenvalue weighted by atomic mass is 10.1. The van der Waals surface area contributed by atoms with Gasteiger partial charge in [-0.1, -0.05) is 0 Å². The van der Waals surface area contributed by atoms with Crippen LogP contribution in [-0.4, -0.2) is 48.1 Å². The van der Waals surface area contributed by atoms with Crippen molar-refractivity contribution >= 4 is 0 Å². The van der Waals surface area contributed by atoms with Crippen LogP contribution in [0, 0.1) is 0 Å². The highest BCUT2D eigenvalue weighted by Gasteiger charge is 2.50. The highest BCUT2D eigenvalue weighted by atomic mass is 16.6. The van der Waals surface area contributed by atoms with E-state index >= 15 is 0 Å². The number of ether oxygens (including phenoxy) is 1. The number of epoxide rings is 1. The van der Waals surface area contributed by atoms with Crippen molar-refractivity contribution < 1.29 is 9.84 Å². The van der Waals surface area contributed by atoms with Gasteiger partial charge in [-0.3, -0.25) is 4.90 Å². The summed E-state index contributed by atoms with van der Waals surface area (Å²) < 4.78 is 5.35. The van der Waals surface area contributed by atoms with Gasteiger partial charge < -0.3 is 15.6 Å². The van der Waals surface area contributed by atoms with Gasteiger partial charge in [0.05, 0.1) is 6.61 Å². The number of fused-ring (bicyclic) bond motifs is 1. The highest BCUT2D eigenvalue weighted by Crippen LogP contribution is 2.33. The molecule has 11 heavy (non-hydrogen) atoms. The van der Waals surface area contributed by atoms with Crippen LogP contribution in [0.4, 0.5) is 0 Å². The van der Waals surface area contributed by atoms with Gasteiger partial charge in [0.15, 0.2) is 0 Å². The molecule has 0 aromatic carbocycles. The molecule has 0 spiro atoms. The number of hydrogen-bond donors (Lipinski definition) is 2. The summed E-state index contributed by atoms with van der Waals surface area (Å²) in [5.74, 6) is 0. The smallest absolute Gasteiger partial charge is 0.139 e. The van der Waals surface area contributed by atoms with Gasteiger partial charge in [0.1, 0.15) is 12.3 Å². The fraction of sp³-hybridized carbons (Fsp3) is 1.00. The van der Waals surface area contributed by atoms with Crippen LogP contribution in [0.15, 0.2) is 0 Å². The van der Waals surface area contributed by atoms with Gasteiger partial charge in [0.2, 0.25) is 0 Å². The lowest BCUT2D eigenvalue weighted by Crippen LogP contribution is -2.44. The quantitative estimate of drug-likeness (QED) is 0.492. The molecule has 2 heterocycles. The third-order valence-corrected chi connectivity index (χ3v) is 2.42.